The van der Waals surface area contributed by atoms with Crippen LogP contribution in [0, 0.1) is 0 Å². The molecule has 0 unspecified atom stereocenters. The van der Waals surface area contributed by atoms with Crippen molar-refractivity contribution >= 4 is 11.8 Å². The van der Waals surface area contributed by atoms with Gasteiger partial charge in [0.25, 0.3) is 5.91 Å². The first-order valence-electron chi connectivity index (χ1n) is 13.2. The Morgan fingerprint density at radius 1 is 1.06 bits per heavy atom. The quantitative estimate of drug-likeness (QED) is 0.465. The number of methoxy groups -OCH3 is 1. The smallest absolute Gasteiger partial charge is 0.261 e. The molecule has 2 amide bonds. The number of benzene rings is 2. The Kier molecular flexibility index (Phi) is 9.80. The number of nitrogens with one attached hydrogen (secondary N) is 1. The zero-order valence-electron chi connectivity index (χ0n) is 22.5. The predicted molar refractivity (Wildman–Crippen MR) is 143 cm³/mol. The summed E-state index contributed by atoms with van der Waals surface area (Å²) in [5.41, 5.74) is 1.83. The molecule has 1 saturated carbocycles. The van der Waals surface area contributed by atoms with Crippen molar-refractivity contribution in [2.24, 2.45) is 0 Å². The van der Waals surface area contributed by atoms with Gasteiger partial charge >= 0.3 is 0 Å². The van der Waals surface area contributed by atoms with Crippen molar-refractivity contribution in [3.8, 4) is 11.5 Å². The molecule has 0 saturated heterocycles. The third-order valence-electron chi connectivity index (χ3n) is 6.87. The number of carbonyl (C=O) groups is 2. The van der Waals surface area contributed by atoms with Crippen molar-refractivity contribution in [1.82, 2.24) is 10.2 Å². The third-order valence-corrected chi connectivity index (χ3v) is 6.87. The third kappa shape index (κ3) is 7.49. The molecule has 0 heterocycles. The minimum atomic E-state index is -0.577. The van der Waals surface area contributed by atoms with Crippen LogP contribution in [0.2, 0.25) is 0 Å². The summed E-state index contributed by atoms with van der Waals surface area (Å²) >= 11 is 0. The summed E-state index contributed by atoms with van der Waals surface area (Å²) in [6.45, 7) is 8.48. The lowest BCUT2D eigenvalue weighted by Crippen LogP contribution is -2.52. The van der Waals surface area contributed by atoms with Crippen LogP contribution < -0.4 is 14.8 Å². The van der Waals surface area contributed by atoms with Gasteiger partial charge in [-0.15, -0.1) is 0 Å². The maximum absolute atomic E-state index is 13.6. The molecule has 6 nitrogen and oxygen atoms in total. The van der Waals surface area contributed by atoms with Crippen LogP contribution in [0.3, 0.4) is 0 Å². The van der Waals surface area contributed by atoms with Gasteiger partial charge in [0.05, 0.1) is 7.11 Å². The highest BCUT2D eigenvalue weighted by Crippen LogP contribution is 2.31. The molecule has 1 aliphatic rings. The molecule has 3 rings (SSSR count). The highest BCUT2D eigenvalue weighted by molar-refractivity contribution is 5.88. The first-order chi connectivity index (χ1) is 17.2. The van der Waals surface area contributed by atoms with Crippen LogP contribution in [0.1, 0.15) is 77.3 Å². The minimum Gasteiger partial charge on any atom is -0.497 e. The highest BCUT2D eigenvalue weighted by atomic mass is 16.5. The summed E-state index contributed by atoms with van der Waals surface area (Å²) in [7, 11) is 1.62. The molecule has 0 spiro atoms. The van der Waals surface area contributed by atoms with Crippen molar-refractivity contribution in [1.29, 1.82) is 0 Å². The summed E-state index contributed by atoms with van der Waals surface area (Å²) in [6, 6.07) is 15.0. The Morgan fingerprint density at radius 3 is 2.44 bits per heavy atom. The van der Waals surface area contributed by atoms with Gasteiger partial charge in [-0.1, -0.05) is 77.3 Å². The van der Waals surface area contributed by atoms with Crippen molar-refractivity contribution in [3.05, 3.63) is 59.7 Å². The largest absolute Gasteiger partial charge is 0.497 e. The number of carbonyl (C=O) groups excluding carboxylic acids is 2. The fraction of sp³-hybridized carbons (Fsp3) is 0.533. The molecule has 196 valence electrons. The maximum Gasteiger partial charge on any atom is 0.261 e. The van der Waals surface area contributed by atoms with Crippen LogP contribution in [0.15, 0.2) is 48.5 Å². The summed E-state index contributed by atoms with van der Waals surface area (Å²) in [5, 5.41) is 3.22. The van der Waals surface area contributed by atoms with E-state index in [4.69, 9.17) is 9.47 Å². The van der Waals surface area contributed by atoms with Gasteiger partial charge in [0, 0.05) is 12.6 Å². The summed E-state index contributed by atoms with van der Waals surface area (Å²) in [5.74, 6) is 1.11. The van der Waals surface area contributed by atoms with Gasteiger partial charge in [-0.05, 0) is 54.0 Å². The molecule has 0 bridgehead atoms. The van der Waals surface area contributed by atoms with Gasteiger partial charge in [-0.25, -0.2) is 0 Å². The highest BCUT2D eigenvalue weighted by Gasteiger charge is 2.31. The average molecular weight is 495 g/mol. The fourth-order valence-corrected chi connectivity index (χ4v) is 4.87. The summed E-state index contributed by atoms with van der Waals surface area (Å²) in [4.78, 5) is 28.7. The van der Waals surface area contributed by atoms with Gasteiger partial charge in [0.1, 0.15) is 17.5 Å². The number of hydrogen-bond acceptors (Lipinski definition) is 4. The molecule has 36 heavy (non-hydrogen) atoms. The Bertz CT molecular complexity index is 1010. The first kappa shape index (κ1) is 27.6. The van der Waals surface area contributed by atoms with Crippen LogP contribution in [0.4, 0.5) is 0 Å². The Morgan fingerprint density at radius 2 is 1.78 bits per heavy atom. The summed E-state index contributed by atoms with van der Waals surface area (Å²) < 4.78 is 11.4. The molecule has 1 aliphatic carbocycles. The lowest BCUT2D eigenvalue weighted by molar-refractivity contribution is -0.143. The van der Waals surface area contributed by atoms with Crippen LogP contribution in [0.25, 0.3) is 0 Å². The van der Waals surface area contributed by atoms with Gasteiger partial charge in [-0.3, -0.25) is 9.59 Å². The molecular formula is C30H42N2O4. The van der Waals surface area contributed by atoms with Crippen LogP contribution in [-0.2, 0) is 21.5 Å². The SMILES string of the molecule is CC[C@@H](C(=O)NC1CCCCC1)N(Cc1cccc(OC)c1)C(=O)COc1ccccc1C(C)(C)C. The average Bonchev–Trinajstić information content (AvgIpc) is 2.87. The molecular weight excluding hydrogens is 452 g/mol. The molecule has 1 atom stereocenters. The van der Waals surface area contributed by atoms with E-state index in [0.717, 1.165) is 42.6 Å². The second kappa shape index (κ2) is 12.8. The second-order valence-corrected chi connectivity index (χ2v) is 10.7. The monoisotopic (exact) mass is 494 g/mol. The van der Waals surface area contributed by atoms with Crippen molar-refractivity contribution in [3.63, 3.8) is 0 Å². The molecule has 1 N–H and O–H groups in total. The van der Waals surface area contributed by atoms with Crippen molar-refractivity contribution in [2.75, 3.05) is 13.7 Å². The molecule has 0 aromatic heterocycles. The molecule has 1 fully saturated rings. The topological polar surface area (TPSA) is 67.9 Å². The van der Waals surface area contributed by atoms with Crippen molar-refractivity contribution in [2.45, 2.75) is 90.3 Å². The standard InChI is InChI=1S/C30H42N2O4/c1-6-26(29(34)31-23-14-8-7-9-15-23)32(20-22-13-12-16-24(19-22)35-5)28(33)21-36-27-18-11-10-17-25(27)30(2,3)4/h10-13,16-19,23,26H,6-9,14-15,20-21H2,1-5H3,(H,31,34)/t26-/m0/s1. The second-order valence-electron chi connectivity index (χ2n) is 10.7. The Labute approximate surface area is 216 Å². The van der Waals surface area contributed by atoms with E-state index in [1.807, 2.05) is 55.5 Å². The van der Waals surface area contributed by atoms with Gasteiger partial charge in [-0.2, -0.15) is 0 Å². The number of rotatable bonds is 10. The van der Waals surface area contributed by atoms with E-state index in [9.17, 15) is 9.59 Å². The van der Waals surface area contributed by atoms with Crippen LogP contribution >= 0.6 is 0 Å². The van der Waals surface area contributed by atoms with Gasteiger partial charge in [0.2, 0.25) is 5.91 Å². The minimum absolute atomic E-state index is 0.0873. The number of amides is 2. The van der Waals surface area contributed by atoms with E-state index in [0.29, 0.717) is 18.7 Å². The van der Waals surface area contributed by atoms with E-state index in [1.165, 1.54) is 6.42 Å². The van der Waals surface area contributed by atoms with Crippen LogP contribution in [0.5, 0.6) is 11.5 Å². The molecule has 2 aromatic carbocycles. The Hall–Kier alpha value is -3.02. The van der Waals surface area contributed by atoms with E-state index in [2.05, 4.69) is 26.1 Å². The molecule has 6 heteroatoms. The number of nitrogens with zero attached hydrogens (tertiary/aromatic N) is 1. The van der Waals surface area contributed by atoms with Gasteiger partial charge in [0.15, 0.2) is 6.61 Å². The zero-order chi connectivity index (χ0) is 26.1. The van der Waals surface area contributed by atoms with Crippen LogP contribution in [-0.4, -0.2) is 42.5 Å². The summed E-state index contributed by atoms with van der Waals surface area (Å²) in [6.07, 6.45) is 6.01. The van der Waals surface area contributed by atoms with E-state index in [1.54, 1.807) is 12.0 Å². The lowest BCUT2D eigenvalue weighted by Gasteiger charge is -2.33. The van der Waals surface area contributed by atoms with E-state index < -0.39 is 6.04 Å². The lowest BCUT2D eigenvalue weighted by atomic mass is 9.86. The molecule has 0 radical (unpaired) electrons. The maximum atomic E-state index is 13.6. The zero-order valence-corrected chi connectivity index (χ0v) is 22.5. The first-order valence-corrected chi connectivity index (χ1v) is 13.2. The van der Waals surface area contributed by atoms with Gasteiger partial charge < -0.3 is 19.7 Å². The number of hydrogen-bond donors (Lipinski definition) is 1. The fourth-order valence-electron chi connectivity index (χ4n) is 4.87. The van der Waals surface area contributed by atoms with E-state index >= 15 is 0 Å². The molecule has 2 aromatic rings. The normalized spacial score (nSPS) is 15.1. The van der Waals surface area contributed by atoms with E-state index in [-0.39, 0.29) is 29.9 Å². The van der Waals surface area contributed by atoms with Crippen molar-refractivity contribution < 1.29 is 19.1 Å². The number of ether oxygens (including phenoxy) is 2. The predicted octanol–water partition coefficient (Wildman–Crippen LogP) is 5.63. The Balaban J connectivity index is 1.81. The molecule has 0 aliphatic heterocycles. The number of para-hydroxylation sites is 1.